The highest BCUT2D eigenvalue weighted by Gasteiger charge is 2.13. The summed E-state index contributed by atoms with van der Waals surface area (Å²) in [5.74, 6) is 2.94. The van der Waals surface area contributed by atoms with Gasteiger partial charge < -0.3 is 10.2 Å². The Kier molecular flexibility index (Phi) is 5.89. The smallest absolute Gasteiger partial charge is 0.134 e. The number of rotatable bonds is 5. The fourth-order valence-electron chi connectivity index (χ4n) is 3.59. The maximum absolute atomic E-state index is 4.66. The van der Waals surface area contributed by atoms with Gasteiger partial charge in [0.2, 0.25) is 0 Å². The molecular formula is C19H30N4. The molecule has 0 bridgehead atoms. The molecule has 4 nitrogen and oxygen atoms in total. The number of anilines is 2. The Bertz CT molecular complexity index is 530. The number of nitrogens with one attached hydrogen (secondary N) is 1. The number of hydrogen-bond donors (Lipinski definition) is 1. The zero-order chi connectivity index (χ0) is 15.9. The van der Waals surface area contributed by atoms with Crippen LogP contribution in [0.4, 0.5) is 11.6 Å². The van der Waals surface area contributed by atoms with Gasteiger partial charge in [-0.2, -0.15) is 0 Å². The van der Waals surface area contributed by atoms with E-state index in [-0.39, 0.29) is 0 Å². The van der Waals surface area contributed by atoms with E-state index in [2.05, 4.69) is 32.3 Å². The van der Waals surface area contributed by atoms with Crippen molar-refractivity contribution < 1.29 is 0 Å². The Morgan fingerprint density at radius 2 is 1.87 bits per heavy atom. The number of aromatic nitrogens is 2. The van der Waals surface area contributed by atoms with E-state index in [4.69, 9.17) is 0 Å². The molecular weight excluding hydrogens is 284 g/mol. The van der Waals surface area contributed by atoms with Crippen LogP contribution in [-0.4, -0.2) is 29.6 Å². The molecule has 4 heteroatoms. The molecule has 2 heterocycles. The van der Waals surface area contributed by atoms with Crippen molar-refractivity contribution in [3.63, 3.8) is 0 Å². The average Bonchev–Trinajstić information content (AvgIpc) is 2.85. The lowest BCUT2D eigenvalue weighted by molar-refractivity contribution is 0.679. The molecule has 1 aromatic heterocycles. The van der Waals surface area contributed by atoms with E-state index in [1.54, 1.807) is 5.57 Å². The summed E-state index contributed by atoms with van der Waals surface area (Å²) in [6.07, 6.45) is 14.1. The topological polar surface area (TPSA) is 41.1 Å². The van der Waals surface area contributed by atoms with Crippen LogP contribution < -0.4 is 10.2 Å². The van der Waals surface area contributed by atoms with E-state index >= 15 is 0 Å². The molecule has 0 unspecified atom stereocenters. The van der Waals surface area contributed by atoms with Crippen molar-refractivity contribution in [1.29, 1.82) is 0 Å². The highest BCUT2D eigenvalue weighted by Crippen LogP contribution is 2.22. The average molecular weight is 314 g/mol. The Balaban J connectivity index is 1.59. The molecule has 1 N–H and O–H groups in total. The fourth-order valence-corrected chi connectivity index (χ4v) is 3.59. The second kappa shape index (κ2) is 8.32. The van der Waals surface area contributed by atoms with Crippen molar-refractivity contribution in [2.24, 2.45) is 0 Å². The first kappa shape index (κ1) is 16.3. The summed E-state index contributed by atoms with van der Waals surface area (Å²) in [4.78, 5) is 11.7. The lowest BCUT2D eigenvalue weighted by atomic mass is 9.97. The van der Waals surface area contributed by atoms with E-state index in [1.165, 1.54) is 51.4 Å². The van der Waals surface area contributed by atoms with Gasteiger partial charge in [0.05, 0.1) is 0 Å². The summed E-state index contributed by atoms with van der Waals surface area (Å²) in [5, 5.41) is 3.51. The maximum Gasteiger partial charge on any atom is 0.134 e. The molecule has 1 fully saturated rings. The van der Waals surface area contributed by atoms with Crippen LogP contribution in [0, 0.1) is 6.92 Å². The van der Waals surface area contributed by atoms with Crippen LogP contribution in [0.3, 0.4) is 0 Å². The van der Waals surface area contributed by atoms with Gasteiger partial charge in [0.1, 0.15) is 17.5 Å². The summed E-state index contributed by atoms with van der Waals surface area (Å²) in [5.41, 5.74) is 1.61. The molecule has 1 aliphatic heterocycles. The number of aryl methyl sites for hydroxylation is 1. The molecule has 0 radical (unpaired) electrons. The minimum atomic E-state index is 0.867. The van der Waals surface area contributed by atoms with Crippen molar-refractivity contribution in [2.45, 2.75) is 64.7 Å². The minimum absolute atomic E-state index is 0.867. The zero-order valence-corrected chi connectivity index (χ0v) is 14.5. The summed E-state index contributed by atoms with van der Waals surface area (Å²) in [6.45, 7) is 5.23. The molecule has 1 aromatic rings. The van der Waals surface area contributed by atoms with Gasteiger partial charge in [0, 0.05) is 25.7 Å². The summed E-state index contributed by atoms with van der Waals surface area (Å²) < 4.78 is 0. The largest absolute Gasteiger partial charge is 0.370 e. The third-order valence-electron chi connectivity index (χ3n) is 4.89. The van der Waals surface area contributed by atoms with Crippen molar-refractivity contribution >= 4 is 11.6 Å². The summed E-state index contributed by atoms with van der Waals surface area (Å²) in [7, 11) is 0. The molecule has 1 saturated heterocycles. The monoisotopic (exact) mass is 314 g/mol. The van der Waals surface area contributed by atoms with Crippen molar-refractivity contribution in [3.05, 3.63) is 23.5 Å². The van der Waals surface area contributed by atoms with Gasteiger partial charge in [-0.15, -0.1) is 0 Å². The maximum atomic E-state index is 4.66. The normalized spacial score (nSPS) is 19.2. The molecule has 0 atom stereocenters. The first-order valence-electron chi connectivity index (χ1n) is 9.34. The van der Waals surface area contributed by atoms with Crippen LogP contribution in [-0.2, 0) is 0 Å². The van der Waals surface area contributed by atoms with E-state index in [9.17, 15) is 0 Å². The number of nitrogens with zero attached hydrogens (tertiary/aromatic N) is 3. The van der Waals surface area contributed by atoms with Crippen LogP contribution in [0.25, 0.3) is 0 Å². The van der Waals surface area contributed by atoms with E-state index in [1.807, 2.05) is 6.92 Å². The molecule has 0 aromatic carbocycles. The van der Waals surface area contributed by atoms with Gasteiger partial charge >= 0.3 is 0 Å². The molecule has 23 heavy (non-hydrogen) atoms. The van der Waals surface area contributed by atoms with Gasteiger partial charge in [0.15, 0.2) is 0 Å². The summed E-state index contributed by atoms with van der Waals surface area (Å²) in [6, 6.07) is 2.13. The number of hydrogen-bond acceptors (Lipinski definition) is 4. The highest BCUT2D eigenvalue weighted by molar-refractivity contribution is 5.49. The van der Waals surface area contributed by atoms with Crippen LogP contribution in [0.1, 0.15) is 63.6 Å². The molecule has 2 aliphatic rings. The standard InChI is InChI=1S/C19H30N4/c1-16-21-18(20-12-11-17-9-5-4-6-10-17)15-19(22-16)23-13-7-2-3-8-14-23/h9,15H,2-8,10-14H2,1H3,(H,20,21,22). The summed E-state index contributed by atoms with van der Waals surface area (Å²) >= 11 is 0. The van der Waals surface area contributed by atoms with Crippen molar-refractivity contribution in [2.75, 3.05) is 29.9 Å². The third-order valence-corrected chi connectivity index (χ3v) is 4.89. The second-order valence-electron chi connectivity index (χ2n) is 6.84. The molecule has 3 rings (SSSR count). The first-order valence-corrected chi connectivity index (χ1v) is 9.34. The Morgan fingerprint density at radius 1 is 1.04 bits per heavy atom. The van der Waals surface area contributed by atoms with Crippen LogP contribution in [0.5, 0.6) is 0 Å². The van der Waals surface area contributed by atoms with Crippen LogP contribution in [0.15, 0.2) is 17.7 Å². The quantitative estimate of drug-likeness (QED) is 0.814. The predicted molar refractivity (Wildman–Crippen MR) is 97.1 cm³/mol. The lowest BCUT2D eigenvalue weighted by Gasteiger charge is -2.22. The Labute approximate surface area is 140 Å². The van der Waals surface area contributed by atoms with E-state index in [0.717, 1.165) is 43.5 Å². The fraction of sp³-hybridized carbons (Fsp3) is 0.684. The Hall–Kier alpha value is -1.58. The minimum Gasteiger partial charge on any atom is -0.370 e. The van der Waals surface area contributed by atoms with Crippen LogP contribution >= 0.6 is 0 Å². The van der Waals surface area contributed by atoms with Gasteiger partial charge in [-0.3, -0.25) is 0 Å². The van der Waals surface area contributed by atoms with E-state index in [0.29, 0.717) is 0 Å². The molecule has 126 valence electrons. The van der Waals surface area contributed by atoms with Crippen LogP contribution in [0.2, 0.25) is 0 Å². The van der Waals surface area contributed by atoms with Gasteiger partial charge in [0.25, 0.3) is 0 Å². The van der Waals surface area contributed by atoms with Crippen molar-refractivity contribution in [1.82, 2.24) is 9.97 Å². The van der Waals surface area contributed by atoms with Gasteiger partial charge in [-0.1, -0.05) is 24.5 Å². The van der Waals surface area contributed by atoms with E-state index < -0.39 is 0 Å². The van der Waals surface area contributed by atoms with Gasteiger partial charge in [-0.05, 0) is 51.9 Å². The molecule has 0 saturated carbocycles. The Morgan fingerprint density at radius 3 is 2.61 bits per heavy atom. The SMILES string of the molecule is Cc1nc(NCCC2=CCCCC2)cc(N2CCCCCC2)n1. The zero-order valence-electron chi connectivity index (χ0n) is 14.5. The predicted octanol–water partition coefficient (Wildman–Crippen LogP) is 4.47. The molecule has 0 spiro atoms. The second-order valence-corrected chi connectivity index (χ2v) is 6.84. The molecule has 0 amide bonds. The van der Waals surface area contributed by atoms with Gasteiger partial charge in [-0.25, -0.2) is 9.97 Å². The molecule has 1 aliphatic carbocycles. The number of allylic oxidation sites excluding steroid dienone is 1. The third kappa shape index (κ3) is 4.95. The first-order chi connectivity index (χ1) is 11.3. The lowest BCUT2D eigenvalue weighted by Crippen LogP contribution is -2.25. The highest BCUT2D eigenvalue weighted by atomic mass is 15.2. The van der Waals surface area contributed by atoms with Crippen molar-refractivity contribution in [3.8, 4) is 0 Å².